The number of aromatic nitrogens is 1. The molecule has 0 saturated carbocycles. The van der Waals surface area contributed by atoms with Crippen molar-refractivity contribution in [3.63, 3.8) is 0 Å². The van der Waals surface area contributed by atoms with Gasteiger partial charge in [0.2, 0.25) is 0 Å². The molecule has 0 unspecified atom stereocenters. The fourth-order valence-electron chi connectivity index (χ4n) is 1.52. The van der Waals surface area contributed by atoms with Gasteiger partial charge in [-0.3, -0.25) is 4.98 Å². The maximum atomic E-state index is 8.65. The lowest BCUT2D eigenvalue weighted by atomic mass is 10.2. The third kappa shape index (κ3) is 4.14. The second-order valence-electron chi connectivity index (χ2n) is 3.89. The number of hydrogen-bond acceptors (Lipinski definition) is 3. The molecule has 0 aliphatic carbocycles. The predicted octanol–water partition coefficient (Wildman–Crippen LogP) is 3.31. The molecule has 0 radical (unpaired) electrons. The van der Waals surface area contributed by atoms with Crippen LogP contribution in [0.1, 0.15) is 11.1 Å². The molecule has 2 aromatic rings. The molecule has 0 fully saturated rings. The molecule has 0 amide bonds. The molecule has 0 aliphatic rings. The van der Waals surface area contributed by atoms with Gasteiger partial charge in [0, 0.05) is 27.4 Å². The van der Waals surface area contributed by atoms with Gasteiger partial charge in [-0.15, -0.1) is 0 Å². The lowest BCUT2D eigenvalue weighted by molar-refractivity contribution is 0.305. The van der Waals surface area contributed by atoms with Crippen LogP contribution in [0, 0.1) is 11.8 Å². The third-order valence-corrected chi connectivity index (χ3v) is 3.03. The molecule has 0 aliphatic heterocycles. The van der Waals surface area contributed by atoms with Crippen molar-refractivity contribution in [3.8, 4) is 17.6 Å². The second kappa shape index (κ2) is 7.16. The van der Waals surface area contributed by atoms with Gasteiger partial charge in [-0.05, 0) is 24.3 Å². The van der Waals surface area contributed by atoms with Crippen molar-refractivity contribution in [3.05, 3.63) is 57.8 Å². The Bertz CT molecular complexity index is 662. The van der Waals surface area contributed by atoms with E-state index in [1.165, 1.54) is 0 Å². The average Bonchev–Trinajstić information content (AvgIpc) is 2.46. The molecule has 1 heterocycles. The van der Waals surface area contributed by atoms with E-state index in [0.29, 0.717) is 21.4 Å². The van der Waals surface area contributed by atoms with Crippen LogP contribution in [-0.2, 0) is 6.61 Å². The van der Waals surface area contributed by atoms with E-state index in [0.717, 1.165) is 5.56 Å². The number of aliphatic hydroxyl groups is 1. The molecule has 0 bridgehead atoms. The summed E-state index contributed by atoms with van der Waals surface area (Å²) in [5, 5.41) is 9.85. The van der Waals surface area contributed by atoms with Gasteiger partial charge in [-0.1, -0.05) is 35.0 Å². The van der Waals surface area contributed by atoms with Crippen LogP contribution in [0.2, 0.25) is 10.0 Å². The van der Waals surface area contributed by atoms with Crippen molar-refractivity contribution in [1.82, 2.24) is 4.98 Å². The van der Waals surface area contributed by atoms with Crippen molar-refractivity contribution in [2.24, 2.45) is 0 Å². The molecule has 0 spiro atoms. The van der Waals surface area contributed by atoms with Gasteiger partial charge >= 0.3 is 0 Å². The van der Waals surface area contributed by atoms with Crippen molar-refractivity contribution in [1.29, 1.82) is 0 Å². The van der Waals surface area contributed by atoms with Crippen LogP contribution < -0.4 is 4.74 Å². The summed E-state index contributed by atoms with van der Waals surface area (Å²) in [6.07, 6.45) is 3.18. The quantitative estimate of drug-likeness (QED) is 0.885. The van der Waals surface area contributed by atoms with Crippen molar-refractivity contribution < 1.29 is 9.84 Å². The largest absolute Gasteiger partial charge is 0.487 e. The first kappa shape index (κ1) is 14.7. The first-order valence-electron chi connectivity index (χ1n) is 5.80. The highest BCUT2D eigenvalue weighted by Gasteiger charge is 2.03. The minimum atomic E-state index is -0.191. The van der Waals surface area contributed by atoms with E-state index in [1.54, 1.807) is 36.7 Å². The van der Waals surface area contributed by atoms with Gasteiger partial charge in [0.25, 0.3) is 0 Å². The van der Waals surface area contributed by atoms with Crippen LogP contribution in [-0.4, -0.2) is 16.7 Å². The molecule has 5 heteroatoms. The molecular formula is C15H11Cl2NO2. The number of benzene rings is 1. The Labute approximate surface area is 127 Å². The van der Waals surface area contributed by atoms with E-state index in [-0.39, 0.29) is 13.2 Å². The van der Waals surface area contributed by atoms with Crippen molar-refractivity contribution in [2.75, 3.05) is 6.61 Å². The molecule has 3 nitrogen and oxygen atoms in total. The highest BCUT2D eigenvalue weighted by atomic mass is 35.5. The second-order valence-corrected chi connectivity index (χ2v) is 4.74. The summed E-state index contributed by atoms with van der Waals surface area (Å²) in [5.41, 5.74) is 1.47. The van der Waals surface area contributed by atoms with Gasteiger partial charge in [-0.25, -0.2) is 0 Å². The van der Waals surface area contributed by atoms with Gasteiger partial charge in [0.1, 0.15) is 19.0 Å². The smallest absolute Gasteiger partial charge is 0.139 e. The first-order valence-corrected chi connectivity index (χ1v) is 6.56. The van der Waals surface area contributed by atoms with E-state index in [2.05, 4.69) is 16.8 Å². The summed E-state index contributed by atoms with van der Waals surface area (Å²) < 4.78 is 5.61. The summed E-state index contributed by atoms with van der Waals surface area (Å²) in [4.78, 5) is 4.02. The standard InChI is InChI=1S/C15H11Cl2NO2/c16-13-3-4-15(17)12(7-13)10-20-14-6-11(2-1-5-19)8-18-9-14/h3-4,6-9,19H,5,10H2. The maximum absolute atomic E-state index is 8.65. The Morgan fingerprint density at radius 1 is 1.20 bits per heavy atom. The molecule has 0 atom stereocenters. The van der Waals surface area contributed by atoms with Crippen molar-refractivity contribution >= 4 is 23.2 Å². The van der Waals surface area contributed by atoms with Crippen LogP contribution in [0.3, 0.4) is 0 Å². The monoisotopic (exact) mass is 307 g/mol. The fourth-order valence-corrected chi connectivity index (χ4v) is 1.89. The first-order chi connectivity index (χ1) is 9.69. The average molecular weight is 308 g/mol. The highest BCUT2D eigenvalue weighted by Crippen LogP contribution is 2.22. The Kier molecular flexibility index (Phi) is 5.25. The number of rotatable bonds is 3. The van der Waals surface area contributed by atoms with Crippen LogP contribution in [0.15, 0.2) is 36.7 Å². The zero-order valence-electron chi connectivity index (χ0n) is 10.4. The van der Waals surface area contributed by atoms with Gasteiger partial charge in [0.15, 0.2) is 0 Å². The Morgan fingerprint density at radius 2 is 2.05 bits per heavy atom. The van der Waals surface area contributed by atoms with Gasteiger partial charge in [-0.2, -0.15) is 0 Å². The van der Waals surface area contributed by atoms with Crippen LogP contribution in [0.5, 0.6) is 5.75 Å². The maximum Gasteiger partial charge on any atom is 0.139 e. The summed E-state index contributed by atoms with van der Waals surface area (Å²) in [5.74, 6) is 5.89. The number of pyridine rings is 1. The normalized spacial score (nSPS) is 9.75. The van der Waals surface area contributed by atoms with E-state index in [1.807, 2.05) is 0 Å². The molecule has 1 aromatic carbocycles. The van der Waals surface area contributed by atoms with Gasteiger partial charge < -0.3 is 9.84 Å². The zero-order chi connectivity index (χ0) is 14.4. The SMILES string of the molecule is OCC#Cc1cncc(OCc2cc(Cl)ccc2Cl)c1. The van der Waals surface area contributed by atoms with Crippen LogP contribution >= 0.6 is 23.2 Å². The summed E-state index contributed by atoms with van der Waals surface area (Å²) in [6, 6.07) is 6.95. The molecular weight excluding hydrogens is 297 g/mol. The van der Waals surface area contributed by atoms with Crippen molar-refractivity contribution in [2.45, 2.75) is 6.61 Å². The summed E-state index contributed by atoms with van der Waals surface area (Å²) in [7, 11) is 0. The third-order valence-electron chi connectivity index (χ3n) is 2.43. The summed E-state index contributed by atoms with van der Waals surface area (Å²) >= 11 is 12.0. The molecule has 20 heavy (non-hydrogen) atoms. The number of aliphatic hydroxyl groups excluding tert-OH is 1. The zero-order valence-corrected chi connectivity index (χ0v) is 11.9. The van der Waals surface area contributed by atoms with E-state index in [9.17, 15) is 0 Å². The fraction of sp³-hybridized carbons (Fsp3) is 0.133. The van der Waals surface area contributed by atoms with Gasteiger partial charge in [0.05, 0.1) is 6.20 Å². The number of hydrogen-bond donors (Lipinski definition) is 1. The molecule has 1 N–H and O–H groups in total. The van der Waals surface area contributed by atoms with E-state index >= 15 is 0 Å². The number of ether oxygens (including phenoxy) is 1. The topological polar surface area (TPSA) is 42.4 Å². The highest BCUT2D eigenvalue weighted by molar-refractivity contribution is 6.33. The minimum Gasteiger partial charge on any atom is -0.487 e. The summed E-state index contributed by atoms with van der Waals surface area (Å²) in [6.45, 7) is 0.0984. The molecule has 0 saturated heterocycles. The lowest BCUT2D eigenvalue weighted by Crippen LogP contribution is -1.97. The number of halogens is 2. The molecule has 102 valence electrons. The Balaban J connectivity index is 2.09. The van der Waals surface area contributed by atoms with E-state index < -0.39 is 0 Å². The Morgan fingerprint density at radius 3 is 2.85 bits per heavy atom. The lowest BCUT2D eigenvalue weighted by Gasteiger charge is -2.08. The van der Waals surface area contributed by atoms with E-state index in [4.69, 9.17) is 33.0 Å². The number of nitrogens with zero attached hydrogens (tertiary/aromatic N) is 1. The van der Waals surface area contributed by atoms with Crippen LogP contribution in [0.25, 0.3) is 0 Å². The minimum absolute atomic E-state index is 0.191. The molecule has 1 aromatic heterocycles. The van der Waals surface area contributed by atoms with Crippen LogP contribution in [0.4, 0.5) is 0 Å². The predicted molar refractivity (Wildman–Crippen MR) is 79.0 cm³/mol. The Hall–Kier alpha value is -1.73. The molecule has 2 rings (SSSR count).